The van der Waals surface area contributed by atoms with E-state index in [-0.39, 0.29) is 6.42 Å². The molecule has 0 amide bonds. The second kappa shape index (κ2) is 6.33. The van der Waals surface area contributed by atoms with E-state index in [9.17, 15) is 4.79 Å². The first-order valence-electron chi connectivity index (χ1n) is 5.67. The molecular weight excluding hydrogens is 310 g/mol. The van der Waals surface area contributed by atoms with Crippen molar-refractivity contribution in [3.05, 3.63) is 58.3 Å². The molecule has 4 nitrogen and oxygen atoms in total. The van der Waals surface area contributed by atoms with Crippen molar-refractivity contribution in [2.75, 3.05) is 0 Å². The molecule has 0 fully saturated rings. The number of carbonyl (C=O) groups is 1. The van der Waals surface area contributed by atoms with E-state index in [1.807, 2.05) is 12.1 Å². The second-order valence-corrected chi connectivity index (χ2v) is 4.89. The fourth-order valence-electron chi connectivity index (χ4n) is 1.53. The third kappa shape index (κ3) is 4.37. The first-order valence-corrected chi connectivity index (χ1v) is 6.47. The molecule has 2 rings (SSSR count). The quantitative estimate of drug-likeness (QED) is 0.919. The lowest BCUT2D eigenvalue weighted by molar-refractivity contribution is -0.136. The van der Waals surface area contributed by atoms with Gasteiger partial charge in [-0.3, -0.25) is 9.78 Å². The molecule has 0 radical (unpaired) electrons. The number of rotatable bonds is 5. The van der Waals surface area contributed by atoms with Gasteiger partial charge in [0.1, 0.15) is 12.4 Å². The van der Waals surface area contributed by atoms with Crippen molar-refractivity contribution in [2.24, 2.45) is 0 Å². The number of pyridine rings is 1. The number of hydrogen-bond acceptors (Lipinski definition) is 3. The molecule has 19 heavy (non-hydrogen) atoms. The lowest BCUT2D eigenvalue weighted by Gasteiger charge is -2.06. The van der Waals surface area contributed by atoms with Crippen LogP contribution in [0.3, 0.4) is 0 Å². The highest BCUT2D eigenvalue weighted by molar-refractivity contribution is 9.10. The standard InChI is InChI=1S/C14H12BrNO3/c15-11-3-4-12(16-8-11)9-19-13-5-1-10(2-6-13)7-14(17)18/h1-6,8H,7,9H2,(H,17,18). The average Bonchev–Trinajstić information content (AvgIpc) is 2.39. The fraction of sp³-hybridized carbons (Fsp3) is 0.143. The molecule has 0 atom stereocenters. The lowest BCUT2D eigenvalue weighted by atomic mass is 10.1. The minimum atomic E-state index is -0.840. The van der Waals surface area contributed by atoms with Crippen molar-refractivity contribution in [1.82, 2.24) is 4.98 Å². The predicted molar refractivity (Wildman–Crippen MR) is 74.1 cm³/mol. The van der Waals surface area contributed by atoms with Gasteiger partial charge in [0.15, 0.2) is 0 Å². The van der Waals surface area contributed by atoms with Crippen LogP contribution in [0.15, 0.2) is 47.1 Å². The number of ether oxygens (including phenoxy) is 1. The maximum Gasteiger partial charge on any atom is 0.307 e. The molecule has 2 aromatic rings. The molecule has 0 saturated heterocycles. The zero-order valence-corrected chi connectivity index (χ0v) is 11.6. The molecule has 0 aliphatic heterocycles. The van der Waals surface area contributed by atoms with Gasteiger partial charge in [0.2, 0.25) is 0 Å². The van der Waals surface area contributed by atoms with Gasteiger partial charge >= 0.3 is 5.97 Å². The first kappa shape index (κ1) is 13.5. The number of halogens is 1. The van der Waals surface area contributed by atoms with Crippen LogP contribution in [0.25, 0.3) is 0 Å². The molecule has 0 spiro atoms. The van der Waals surface area contributed by atoms with E-state index in [4.69, 9.17) is 9.84 Å². The molecule has 1 aromatic heterocycles. The van der Waals surface area contributed by atoms with Crippen LogP contribution in [0.4, 0.5) is 0 Å². The normalized spacial score (nSPS) is 10.2. The van der Waals surface area contributed by atoms with E-state index in [2.05, 4.69) is 20.9 Å². The van der Waals surface area contributed by atoms with Crippen LogP contribution < -0.4 is 4.74 Å². The van der Waals surface area contributed by atoms with Crippen molar-refractivity contribution in [2.45, 2.75) is 13.0 Å². The molecule has 0 unspecified atom stereocenters. The monoisotopic (exact) mass is 321 g/mol. The summed E-state index contributed by atoms with van der Waals surface area (Å²) in [7, 11) is 0. The molecule has 5 heteroatoms. The molecule has 0 aliphatic carbocycles. The Kier molecular flexibility index (Phi) is 4.52. The summed E-state index contributed by atoms with van der Waals surface area (Å²) in [4.78, 5) is 14.7. The van der Waals surface area contributed by atoms with E-state index < -0.39 is 5.97 Å². The lowest BCUT2D eigenvalue weighted by Crippen LogP contribution is -2.00. The largest absolute Gasteiger partial charge is 0.487 e. The third-order valence-corrected chi connectivity index (χ3v) is 2.92. The smallest absolute Gasteiger partial charge is 0.307 e. The summed E-state index contributed by atoms with van der Waals surface area (Å²) in [5, 5.41) is 8.67. The molecule has 0 saturated carbocycles. The van der Waals surface area contributed by atoms with Gasteiger partial charge in [-0.25, -0.2) is 0 Å². The number of carboxylic acids is 1. The fourth-order valence-corrected chi connectivity index (χ4v) is 1.76. The highest BCUT2D eigenvalue weighted by Gasteiger charge is 2.01. The van der Waals surface area contributed by atoms with Gasteiger partial charge in [-0.1, -0.05) is 12.1 Å². The Morgan fingerprint density at radius 3 is 2.53 bits per heavy atom. The van der Waals surface area contributed by atoms with E-state index in [1.54, 1.807) is 30.5 Å². The summed E-state index contributed by atoms with van der Waals surface area (Å²) >= 11 is 3.32. The Labute approximate surface area is 119 Å². The minimum Gasteiger partial charge on any atom is -0.487 e. The van der Waals surface area contributed by atoms with E-state index in [1.165, 1.54) is 0 Å². The minimum absolute atomic E-state index is 0.0224. The molecular formula is C14H12BrNO3. The van der Waals surface area contributed by atoms with Gasteiger partial charge in [-0.05, 0) is 45.8 Å². The molecule has 1 N–H and O–H groups in total. The van der Waals surface area contributed by atoms with E-state index >= 15 is 0 Å². The maximum absolute atomic E-state index is 10.5. The summed E-state index contributed by atoms with van der Waals surface area (Å²) in [6.07, 6.45) is 1.74. The van der Waals surface area contributed by atoms with Crippen molar-refractivity contribution in [3.8, 4) is 5.75 Å². The average molecular weight is 322 g/mol. The van der Waals surface area contributed by atoms with Gasteiger partial charge in [0, 0.05) is 10.7 Å². The summed E-state index contributed by atoms with van der Waals surface area (Å²) < 4.78 is 6.49. The Morgan fingerprint density at radius 2 is 1.95 bits per heavy atom. The van der Waals surface area contributed by atoms with Crippen LogP contribution in [-0.2, 0) is 17.8 Å². The van der Waals surface area contributed by atoms with Gasteiger partial charge in [-0.15, -0.1) is 0 Å². The topological polar surface area (TPSA) is 59.4 Å². The van der Waals surface area contributed by atoms with Gasteiger partial charge in [0.05, 0.1) is 12.1 Å². The van der Waals surface area contributed by atoms with Crippen molar-refractivity contribution in [1.29, 1.82) is 0 Å². The predicted octanol–water partition coefficient (Wildman–Crippen LogP) is 3.05. The molecule has 0 aliphatic rings. The number of nitrogens with zero attached hydrogens (tertiary/aromatic N) is 1. The van der Waals surface area contributed by atoms with Crippen molar-refractivity contribution >= 4 is 21.9 Å². The molecule has 1 heterocycles. The van der Waals surface area contributed by atoms with Crippen LogP contribution in [0, 0.1) is 0 Å². The molecule has 1 aromatic carbocycles. The van der Waals surface area contributed by atoms with Crippen LogP contribution in [0.2, 0.25) is 0 Å². The summed E-state index contributed by atoms with van der Waals surface area (Å²) in [5.41, 5.74) is 1.58. The highest BCUT2D eigenvalue weighted by atomic mass is 79.9. The van der Waals surface area contributed by atoms with Crippen LogP contribution in [0.1, 0.15) is 11.3 Å². The Balaban J connectivity index is 1.92. The Morgan fingerprint density at radius 1 is 1.21 bits per heavy atom. The Hall–Kier alpha value is -1.88. The third-order valence-electron chi connectivity index (χ3n) is 2.45. The summed E-state index contributed by atoms with van der Waals surface area (Å²) in [6, 6.07) is 10.8. The second-order valence-electron chi connectivity index (χ2n) is 3.97. The summed E-state index contributed by atoms with van der Waals surface area (Å²) in [6.45, 7) is 0.381. The number of hydrogen-bond donors (Lipinski definition) is 1. The van der Waals surface area contributed by atoms with Crippen LogP contribution in [0.5, 0.6) is 5.75 Å². The number of benzene rings is 1. The number of aromatic nitrogens is 1. The SMILES string of the molecule is O=C(O)Cc1ccc(OCc2ccc(Br)cn2)cc1. The molecule has 98 valence electrons. The van der Waals surface area contributed by atoms with Gasteiger partial charge < -0.3 is 9.84 Å². The zero-order chi connectivity index (χ0) is 13.7. The van der Waals surface area contributed by atoms with E-state index in [0.29, 0.717) is 12.4 Å². The van der Waals surface area contributed by atoms with Crippen LogP contribution in [-0.4, -0.2) is 16.1 Å². The van der Waals surface area contributed by atoms with E-state index in [0.717, 1.165) is 15.7 Å². The maximum atomic E-state index is 10.5. The van der Waals surface area contributed by atoms with Gasteiger partial charge in [0.25, 0.3) is 0 Å². The van der Waals surface area contributed by atoms with Crippen LogP contribution >= 0.6 is 15.9 Å². The zero-order valence-electron chi connectivity index (χ0n) is 10.0. The highest BCUT2D eigenvalue weighted by Crippen LogP contribution is 2.15. The van der Waals surface area contributed by atoms with Crippen molar-refractivity contribution < 1.29 is 14.6 Å². The summed E-state index contributed by atoms with van der Waals surface area (Å²) in [5.74, 6) is -0.147. The Bertz CT molecular complexity index is 552. The first-order chi connectivity index (χ1) is 9.13. The number of aliphatic carboxylic acids is 1. The van der Waals surface area contributed by atoms with Crippen molar-refractivity contribution in [3.63, 3.8) is 0 Å². The van der Waals surface area contributed by atoms with Gasteiger partial charge in [-0.2, -0.15) is 0 Å². The number of carboxylic acid groups (broad SMARTS) is 1. The molecule has 0 bridgehead atoms.